The monoisotopic (exact) mass is 306 g/mol. The molecular weight excluding hydrogens is 292 g/mol. The lowest BCUT2D eigenvalue weighted by Gasteiger charge is -2.18. The van der Waals surface area contributed by atoms with Crippen molar-refractivity contribution in [2.75, 3.05) is 12.9 Å². The molecule has 2 heterocycles. The van der Waals surface area contributed by atoms with Crippen molar-refractivity contribution in [2.24, 2.45) is 0 Å². The highest BCUT2D eigenvalue weighted by Crippen LogP contribution is 2.30. The standard InChI is InChI=1S/C10H14N2O7S/c1-20(17)19-8-5(4-13)18-9(7(8)15)12-3-2-6(14)11-10(12)16/h2-3,5,7-9,13,15H,4H2,1H3,(H,11,14,16)/t5-,7+,8?,9-,20?/m1/s1. The minimum Gasteiger partial charge on any atom is -0.394 e. The summed E-state index contributed by atoms with van der Waals surface area (Å²) < 4.78 is 22.4. The zero-order valence-corrected chi connectivity index (χ0v) is 11.3. The van der Waals surface area contributed by atoms with E-state index >= 15 is 0 Å². The molecule has 10 heteroatoms. The van der Waals surface area contributed by atoms with Crippen molar-refractivity contribution in [3.05, 3.63) is 33.1 Å². The topological polar surface area (TPSA) is 131 Å². The van der Waals surface area contributed by atoms with Crippen LogP contribution in [0.3, 0.4) is 0 Å². The molecule has 0 aromatic carbocycles. The van der Waals surface area contributed by atoms with Crippen LogP contribution in [0.1, 0.15) is 6.23 Å². The van der Waals surface area contributed by atoms with Gasteiger partial charge in [0.25, 0.3) is 5.56 Å². The first kappa shape index (κ1) is 15.1. The number of H-pyrrole nitrogens is 1. The van der Waals surface area contributed by atoms with E-state index in [1.165, 1.54) is 6.26 Å². The van der Waals surface area contributed by atoms with E-state index in [1.807, 2.05) is 4.98 Å². The van der Waals surface area contributed by atoms with Crippen LogP contribution in [0.4, 0.5) is 0 Å². The van der Waals surface area contributed by atoms with E-state index in [1.54, 1.807) is 0 Å². The molecule has 112 valence electrons. The number of rotatable bonds is 4. The normalized spacial score (nSPS) is 31.4. The van der Waals surface area contributed by atoms with Crippen LogP contribution in [0, 0.1) is 0 Å². The van der Waals surface area contributed by atoms with Gasteiger partial charge in [0.15, 0.2) is 17.3 Å². The molecule has 0 aliphatic carbocycles. The van der Waals surface area contributed by atoms with Crippen LogP contribution in [0.5, 0.6) is 0 Å². The highest BCUT2D eigenvalue weighted by atomic mass is 32.2. The molecule has 20 heavy (non-hydrogen) atoms. The second-order valence-corrected chi connectivity index (χ2v) is 5.21. The van der Waals surface area contributed by atoms with E-state index in [4.69, 9.17) is 8.92 Å². The molecule has 2 unspecified atom stereocenters. The Morgan fingerprint density at radius 1 is 1.55 bits per heavy atom. The van der Waals surface area contributed by atoms with E-state index < -0.39 is 53.5 Å². The molecule has 1 fully saturated rings. The molecule has 0 amide bonds. The molecule has 5 atom stereocenters. The number of hydrogen-bond donors (Lipinski definition) is 3. The van der Waals surface area contributed by atoms with Crippen LogP contribution in [0.2, 0.25) is 0 Å². The second-order valence-electron chi connectivity index (χ2n) is 4.22. The number of aliphatic hydroxyl groups excluding tert-OH is 2. The number of aromatic amines is 1. The summed E-state index contributed by atoms with van der Waals surface area (Å²) in [5.74, 6) is 0. The molecule has 0 bridgehead atoms. The van der Waals surface area contributed by atoms with Crippen LogP contribution in [-0.2, 0) is 20.0 Å². The average molecular weight is 306 g/mol. The summed E-state index contributed by atoms with van der Waals surface area (Å²) in [4.78, 5) is 24.7. The first-order chi connectivity index (χ1) is 9.43. The summed E-state index contributed by atoms with van der Waals surface area (Å²) in [5, 5.41) is 19.3. The van der Waals surface area contributed by atoms with Gasteiger partial charge in [-0.15, -0.1) is 0 Å². The van der Waals surface area contributed by atoms with Gasteiger partial charge in [-0.2, -0.15) is 0 Å². The fourth-order valence-electron chi connectivity index (χ4n) is 2.00. The molecular formula is C10H14N2O7S. The third-order valence-corrected chi connectivity index (χ3v) is 3.35. The lowest BCUT2D eigenvalue weighted by molar-refractivity contribution is -0.0542. The molecule has 9 nitrogen and oxygen atoms in total. The Morgan fingerprint density at radius 2 is 2.25 bits per heavy atom. The molecule has 0 radical (unpaired) electrons. The number of ether oxygens (including phenoxy) is 1. The lowest BCUT2D eigenvalue weighted by atomic mass is 10.1. The van der Waals surface area contributed by atoms with Crippen molar-refractivity contribution in [1.82, 2.24) is 9.55 Å². The number of hydrogen-bond acceptors (Lipinski definition) is 7. The van der Waals surface area contributed by atoms with Crippen molar-refractivity contribution in [3.63, 3.8) is 0 Å². The van der Waals surface area contributed by atoms with Gasteiger partial charge in [0, 0.05) is 18.5 Å². The van der Waals surface area contributed by atoms with E-state index in [9.17, 15) is 24.0 Å². The lowest BCUT2D eigenvalue weighted by Crippen LogP contribution is -2.39. The molecule has 0 spiro atoms. The van der Waals surface area contributed by atoms with Crippen LogP contribution < -0.4 is 11.2 Å². The number of nitrogens with zero attached hydrogens (tertiary/aromatic N) is 1. The Labute approximate surface area is 115 Å². The van der Waals surface area contributed by atoms with Crippen molar-refractivity contribution >= 4 is 11.1 Å². The van der Waals surface area contributed by atoms with Gasteiger partial charge in [-0.25, -0.2) is 9.00 Å². The average Bonchev–Trinajstić information content (AvgIpc) is 2.67. The zero-order chi connectivity index (χ0) is 14.9. The Balaban J connectivity index is 2.32. The third-order valence-electron chi connectivity index (χ3n) is 2.86. The van der Waals surface area contributed by atoms with Gasteiger partial charge in [-0.1, -0.05) is 0 Å². The third kappa shape index (κ3) is 2.88. The number of aromatic nitrogens is 2. The first-order valence-corrected chi connectivity index (χ1v) is 7.18. The SMILES string of the molecule is CS(=O)OC1[C@@H](CO)O[C@@H](n2ccc(=O)[nH]c2=O)[C@H]1O. The van der Waals surface area contributed by atoms with Crippen LogP contribution >= 0.6 is 0 Å². The molecule has 1 aliphatic heterocycles. The van der Waals surface area contributed by atoms with E-state index in [2.05, 4.69) is 0 Å². The van der Waals surface area contributed by atoms with Crippen molar-refractivity contribution in [2.45, 2.75) is 24.5 Å². The largest absolute Gasteiger partial charge is 0.394 e. The first-order valence-electron chi connectivity index (χ1n) is 5.70. The van der Waals surface area contributed by atoms with Crippen molar-refractivity contribution in [3.8, 4) is 0 Å². The van der Waals surface area contributed by atoms with Crippen LogP contribution in [-0.4, -0.2) is 55.1 Å². The summed E-state index contributed by atoms with van der Waals surface area (Å²) in [7, 11) is 0. The highest BCUT2D eigenvalue weighted by Gasteiger charge is 2.46. The summed E-state index contributed by atoms with van der Waals surface area (Å²) in [6.07, 6.45) is -2.02. The van der Waals surface area contributed by atoms with Gasteiger partial charge in [-0.05, 0) is 0 Å². The van der Waals surface area contributed by atoms with Crippen LogP contribution in [0.25, 0.3) is 0 Å². The van der Waals surface area contributed by atoms with Gasteiger partial charge in [-0.3, -0.25) is 18.5 Å². The molecule has 0 saturated carbocycles. The summed E-state index contributed by atoms with van der Waals surface area (Å²) >= 11 is -1.68. The van der Waals surface area contributed by atoms with E-state index in [-0.39, 0.29) is 0 Å². The Hall–Kier alpha value is -1.33. The van der Waals surface area contributed by atoms with E-state index in [0.717, 1.165) is 16.8 Å². The van der Waals surface area contributed by atoms with Gasteiger partial charge in [0.2, 0.25) is 0 Å². The molecule has 1 aromatic heterocycles. The number of aliphatic hydroxyl groups is 2. The maximum atomic E-state index is 11.6. The predicted octanol–water partition coefficient (Wildman–Crippen LogP) is -2.53. The predicted molar refractivity (Wildman–Crippen MR) is 67.3 cm³/mol. The van der Waals surface area contributed by atoms with Crippen molar-refractivity contribution in [1.29, 1.82) is 0 Å². The van der Waals surface area contributed by atoms with Crippen LogP contribution in [0.15, 0.2) is 21.9 Å². The molecule has 2 rings (SSSR count). The summed E-state index contributed by atoms with van der Waals surface area (Å²) in [6, 6.07) is 1.09. The Kier molecular flexibility index (Phi) is 4.50. The van der Waals surface area contributed by atoms with Gasteiger partial charge >= 0.3 is 5.69 Å². The second kappa shape index (κ2) is 5.97. The van der Waals surface area contributed by atoms with Gasteiger partial charge in [0.1, 0.15) is 18.3 Å². The summed E-state index contributed by atoms with van der Waals surface area (Å²) in [6.45, 7) is -0.479. The molecule has 1 aromatic rings. The maximum Gasteiger partial charge on any atom is 0.330 e. The summed E-state index contributed by atoms with van der Waals surface area (Å²) in [5.41, 5.74) is -1.35. The zero-order valence-electron chi connectivity index (χ0n) is 10.5. The molecule has 3 N–H and O–H groups in total. The maximum absolute atomic E-state index is 11.6. The highest BCUT2D eigenvalue weighted by molar-refractivity contribution is 7.79. The number of nitrogens with one attached hydrogen (secondary N) is 1. The smallest absolute Gasteiger partial charge is 0.330 e. The fraction of sp³-hybridized carbons (Fsp3) is 0.600. The molecule has 1 saturated heterocycles. The minimum atomic E-state index is -1.68. The fourth-order valence-corrected chi connectivity index (χ4v) is 2.55. The van der Waals surface area contributed by atoms with Gasteiger partial charge < -0.3 is 14.9 Å². The van der Waals surface area contributed by atoms with E-state index in [0.29, 0.717) is 0 Å². The Bertz CT molecular complexity index is 612. The quantitative estimate of drug-likeness (QED) is 0.559. The molecule has 1 aliphatic rings. The van der Waals surface area contributed by atoms with Crippen molar-refractivity contribution < 1.29 is 23.3 Å². The van der Waals surface area contributed by atoms with Gasteiger partial charge in [0.05, 0.1) is 6.61 Å². The Morgan fingerprint density at radius 3 is 2.80 bits per heavy atom. The minimum absolute atomic E-state index is 0.479.